The van der Waals surface area contributed by atoms with Crippen LogP contribution in [-0.4, -0.2) is 10.9 Å². The van der Waals surface area contributed by atoms with E-state index < -0.39 is 5.83 Å². The van der Waals surface area contributed by atoms with Gasteiger partial charge < -0.3 is 5.11 Å². The predicted molar refractivity (Wildman–Crippen MR) is 45.8 cm³/mol. The smallest absolute Gasteiger partial charge is 0.164 e. The van der Waals surface area contributed by atoms with Gasteiger partial charge in [-0.15, -0.1) is 0 Å². The minimum absolute atomic E-state index is 0.0314. The van der Waals surface area contributed by atoms with Crippen LogP contribution in [0.2, 0.25) is 0 Å². The van der Waals surface area contributed by atoms with Crippen LogP contribution in [0.4, 0.5) is 4.39 Å². The van der Waals surface area contributed by atoms with Gasteiger partial charge in [0.05, 0.1) is 0 Å². The quantitative estimate of drug-likeness (QED) is 0.624. The lowest BCUT2D eigenvalue weighted by Crippen LogP contribution is -2.19. The second-order valence-corrected chi connectivity index (χ2v) is 3.60. The molecule has 2 aliphatic rings. The average molecular weight is 182 g/mol. The average Bonchev–Trinajstić information content (AvgIpc) is 2.12. The summed E-state index contributed by atoms with van der Waals surface area (Å²) in [7, 11) is 0. The van der Waals surface area contributed by atoms with E-state index in [1.165, 1.54) is 6.08 Å². The zero-order chi connectivity index (χ0) is 9.42. The zero-order valence-corrected chi connectivity index (χ0v) is 7.22. The van der Waals surface area contributed by atoms with Crippen LogP contribution in [0.25, 0.3) is 0 Å². The Morgan fingerprint density at radius 2 is 2.08 bits per heavy atom. The van der Waals surface area contributed by atoms with E-state index in [1.54, 1.807) is 0 Å². The minimum Gasteiger partial charge on any atom is -0.509 e. The Kier molecular flexibility index (Phi) is 1.94. The van der Waals surface area contributed by atoms with Crippen molar-refractivity contribution in [1.29, 1.82) is 0 Å². The Morgan fingerprint density at radius 3 is 2.85 bits per heavy atom. The Morgan fingerprint density at radius 1 is 1.38 bits per heavy atom. The van der Waals surface area contributed by atoms with Crippen LogP contribution < -0.4 is 0 Å². The number of rotatable bonds is 0. The molecule has 0 fully saturated rings. The standard InChI is InChI=1S/C10H11FO2/c11-10-8-5-7(12)3-1-6(8)2-4-9(10)13/h5-6,13H,1-4H2. The van der Waals surface area contributed by atoms with Crippen molar-refractivity contribution in [3.05, 3.63) is 23.2 Å². The first-order valence-corrected chi connectivity index (χ1v) is 4.51. The van der Waals surface area contributed by atoms with Crippen molar-refractivity contribution in [3.8, 4) is 0 Å². The monoisotopic (exact) mass is 182 g/mol. The molecule has 0 bridgehead atoms. The first-order chi connectivity index (χ1) is 6.18. The van der Waals surface area contributed by atoms with Gasteiger partial charge in [0.25, 0.3) is 0 Å². The van der Waals surface area contributed by atoms with Crippen molar-refractivity contribution in [2.45, 2.75) is 25.7 Å². The summed E-state index contributed by atoms with van der Waals surface area (Å²) in [6.45, 7) is 0. The van der Waals surface area contributed by atoms with Gasteiger partial charge in [-0.2, -0.15) is 0 Å². The van der Waals surface area contributed by atoms with E-state index in [4.69, 9.17) is 5.11 Å². The Labute approximate surface area is 75.8 Å². The van der Waals surface area contributed by atoms with Gasteiger partial charge in [0, 0.05) is 12.8 Å². The van der Waals surface area contributed by atoms with Crippen LogP contribution in [-0.2, 0) is 4.79 Å². The van der Waals surface area contributed by atoms with Crippen molar-refractivity contribution < 1.29 is 14.3 Å². The highest BCUT2D eigenvalue weighted by Crippen LogP contribution is 2.38. The number of hydrogen-bond donors (Lipinski definition) is 1. The molecule has 0 aromatic carbocycles. The summed E-state index contributed by atoms with van der Waals surface area (Å²) in [5.41, 5.74) is 0.417. The van der Waals surface area contributed by atoms with Crippen LogP contribution >= 0.6 is 0 Å². The number of ketones is 1. The second kappa shape index (κ2) is 2.98. The molecular weight excluding hydrogens is 171 g/mol. The predicted octanol–water partition coefficient (Wildman–Crippen LogP) is 2.42. The van der Waals surface area contributed by atoms with E-state index >= 15 is 0 Å². The van der Waals surface area contributed by atoms with Gasteiger partial charge >= 0.3 is 0 Å². The fourth-order valence-corrected chi connectivity index (χ4v) is 1.97. The maximum absolute atomic E-state index is 13.3. The number of fused-ring (bicyclic) bond motifs is 1. The van der Waals surface area contributed by atoms with Crippen LogP contribution in [0.3, 0.4) is 0 Å². The van der Waals surface area contributed by atoms with Crippen molar-refractivity contribution in [1.82, 2.24) is 0 Å². The van der Waals surface area contributed by atoms with Gasteiger partial charge in [0.15, 0.2) is 11.6 Å². The van der Waals surface area contributed by atoms with Crippen molar-refractivity contribution in [2.24, 2.45) is 5.92 Å². The Balaban J connectivity index is 2.40. The number of hydrogen-bond acceptors (Lipinski definition) is 2. The van der Waals surface area contributed by atoms with Crippen molar-refractivity contribution in [3.63, 3.8) is 0 Å². The number of allylic oxidation sites excluding steroid dienone is 4. The molecule has 0 amide bonds. The fraction of sp³-hybridized carbons (Fsp3) is 0.500. The largest absolute Gasteiger partial charge is 0.509 e. The van der Waals surface area contributed by atoms with E-state index in [1.807, 2.05) is 0 Å². The summed E-state index contributed by atoms with van der Waals surface area (Å²) in [6, 6.07) is 0. The number of aliphatic hydroxyl groups is 1. The first kappa shape index (κ1) is 8.48. The van der Waals surface area contributed by atoms with Crippen molar-refractivity contribution >= 4 is 5.78 Å². The molecule has 1 atom stereocenters. The summed E-state index contributed by atoms with van der Waals surface area (Å²) >= 11 is 0. The van der Waals surface area contributed by atoms with Gasteiger partial charge in [-0.1, -0.05) is 0 Å². The second-order valence-electron chi connectivity index (χ2n) is 3.60. The molecule has 70 valence electrons. The number of aliphatic hydroxyl groups excluding tert-OH is 1. The minimum atomic E-state index is -0.565. The lowest BCUT2D eigenvalue weighted by Gasteiger charge is -2.26. The number of carbonyl (C=O) groups excluding carboxylic acids is 1. The molecule has 2 rings (SSSR count). The summed E-state index contributed by atoms with van der Waals surface area (Å²) < 4.78 is 13.3. The first-order valence-electron chi connectivity index (χ1n) is 4.51. The summed E-state index contributed by atoms with van der Waals surface area (Å²) in [5, 5.41) is 9.16. The number of halogens is 1. The van der Waals surface area contributed by atoms with Crippen LogP contribution in [0.1, 0.15) is 25.7 Å². The molecule has 0 saturated carbocycles. The van der Waals surface area contributed by atoms with E-state index in [0.29, 0.717) is 18.4 Å². The highest BCUT2D eigenvalue weighted by molar-refractivity contribution is 5.92. The van der Waals surface area contributed by atoms with Crippen molar-refractivity contribution in [2.75, 3.05) is 0 Å². The third kappa shape index (κ3) is 1.39. The third-order valence-electron chi connectivity index (χ3n) is 2.73. The molecule has 0 radical (unpaired) electrons. The molecule has 0 spiro atoms. The zero-order valence-electron chi connectivity index (χ0n) is 7.22. The Bertz CT molecular complexity index is 315. The van der Waals surface area contributed by atoms with Gasteiger partial charge in [-0.25, -0.2) is 4.39 Å². The third-order valence-corrected chi connectivity index (χ3v) is 2.73. The molecule has 0 heterocycles. The molecule has 3 heteroatoms. The van der Waals surface area contributed by atoms with E-state index in [9.17, 15) is 9.18 Å². The maximum atomic E-state index is 13.3. The van der Waals surface area contributed by atoms with Gasteiger partial charge in [-0.05, 0) is 30.4 Å². The molecule has 0 saturated heterocycles. The number of carbonyl (C=O) groups is 1. The molecule has 1 unspecified atom stereocenters. The molecule has 0 aromatic rings. The molecule has 13 heavy (non-hydrogen) atoms. The highest BCUT2D eigenvalue weighted by atomic mass is 19.1. The van der Waals surface area contributed by atoms with Crippen LogP contribution in [0.5, 0.6) is 0 Å². The summed E-state index contributed by atoms with van der Waals surface area (Å²) in [6.07, 6.45) is 3.76. The molecule has 2 nitrogen and oxygen atoms in total. The Hall–Kier alpha value is -1.12. The van der Waals surface area contributed by atoms with Gasteiger partial charge in [-0.3, -0.25) is 4.79 Å². The molecule has 0 aromatic heterocycles. The van der Waals surface area contributed by atoms with Gasteiger partial charge in [0.2, 0.25) is 0 Å². The molecular formula is C10H11FO2. The SMILES string of the molecule is O=C1C=C2C(F)=C(O)CCC2CC1. The van der Waals surface area contributed by atoms with Crippen LogP contribution in [0, 0.1) is 5.92 Å². The van der Waals surface area contributed by atoms with E-state index in [2.05, 4.69) is 0 Å². The fourth-order valence-electron chi connectivity index (χ4n) is 1.97. The molecule has 2 aliphatic carbocycles. The topological polar surface area (TPSA) is 37.3 Å². The summed E-state index contributed by atoms with van der Waals surface area (Å²) in [4.78, 5) is 11.0. The van der Waals surface area contributed by atoms with E-state index in [-0.39, 0.29) is 17.5 Å². The van der Waals surface area contributed by atoms with Crippen LogP contribution in [0.15, 0.2) is 23.2 Å². The normalized spacial score (nSPS) is 28.5. The van der Waals surface area contributed by atoms with E-state index in [0.717, 1.165) is 12.8 Å². The molecule has 1 N–H and O–H groups in total. The lowest BCUT2D eigenvalue weighted by atomic mass is 9.80. The maximum Gasteiger partial charge on any atom is 0.164 e. The van der Waals surface area contributed by atoms with Gasteiger partial charge in [0.1, 0.15) is 5.76 Å². The summed E-state index contributed by atoms with van der Waals surface area (Å²) in [5.74, 6) is -0.647. The highest BCUT2D eigenvalue weighted by Gasteiger charge is 2.30. The molecule has 0 aliphatic heterocycles. The lowest BCUT2D eigenvalue weighted by molar-refractivity contribution is -0.115.